The maximum atomic E-state index is 13.8. The summed E-state index contributed by atoms with van der Waals surface area (Å²) in [5.41, 5.74) is -0.476. The molecule has 1 fully saturated rings. The molecule has 0 saturated carbocycles. The second kappa shape index (κ2) is 5.70. The lowest BCUT2D eigenvalue weighted by Gasteiger charge is -2.32. The molecule has 1 aliphatic heterocycles. The summed E-state index contributed by atoms with van der Waals surface area (Å²) >= 11 is 0. The van der Waals surface area contributed by atoms with Crippen LogP contribution in [-0.2, 0) is 14.8 Å². The van der Waals surface area contributed by atoms with E-state index in [0.29, 0.717) is 0 Å². The molecule has 0 radical (unpaired) electrons. The monoisotopic (exact) mass is 317 g/mol. The fourth-order valence-corrected chi connectivity index (χ4v) is 4.10. The van der Waals surface area contributed by atoms with Crippen LogP contribution >= 0.6 is 0 Å². The minimum Gasteiger partial charge on any atom is -0.478 e. The third kappa shape index (κ3) is 2.92. The molecule has 1 atom stereocenters. The molecule has 1 aromatic carbocycles. The van der Waals surface area contributed by atoms with E-state index < -0.39 is 27.4 Å². The molecule has 6 nitrogen and oxygen atoms in total. The molecule has 1 aromatic rings. The normalized spacial score (nSPS) is 20.4. The number of aromatic carboxylic acids is 1. The number of ether oxygens (including phenoxy) is 1. The zero-order valence-corrected chi connectivity index (χ0v) is 12.5. The highest BCUT2D eigenvalue weighted by Gasteiger charge is 2.33. The summed E-state index contributed by atoms with van der Waals surface area (Å²) < 4.78 is 45.5. The number of hydrogen-bond acceptors (Lipinski definition) is 4. The molecule has 0 aromatic heterocycles. The lowest BCUT2D eigenvalue weighted by Crippen LogP contribution is -2.47. The lowest BCUT2D eigenvalue weighted by molar-refractivity contribution is 0.0392. The van der Waals surface area contributed by atoms with Crippen molar-refractivity contribution in [2.75, 3.05) is 19.8 Å². The Labute approximate surface area is 122 Å². The maximum Gasteiger partial charge on any atom is 0.335 e. The van der Waals surface area contributed by atoms with Gasteiger partial charge in [-0.25, -0.2) is 17.6 Å². The fraction of sp³-hybridized carbons (Fsp3) is 0.462. The van der Waals surface area contributed by atoms with Gasteiger partial charge in [-0.2, -0.15) is 4.31 Å². The van der Waals surface area contributed by atoms with Crippen molar-refractivity contribution in [3.05, 3.63) is 29.1 Å². The second-order valence-corrected chi connectivity index (χ2v) is 6.79. The van der Waals surface area contributed by atoms with Crippen molar-refractivity contribution in [2.24, 2.45) is 0 Å². The number of morpholine rings is 1. The Balaban J connectivity index is 2.56. The van der Waals surface area contributed by atoms with Gasteiger partial charge in [-0.15, -0.1) is 0 Å². The molecule has 116 valence electrons. The highest BCUT2D eigenvalue weighted by Crippen LogP contribution is 2.26. The fourth-order valence-electron chi connectivity index (χ4n) is 2.24. The Bertz CT molecular complexity index is 673. The first-order valence-electron chi connectivity index (χ1n) is 6.38. The molecular weight excluding hydrogens is 301 g/mol. The Morgan fingerprint density at radius 3 is 2.71 bits per heavy atom. The van der Waals surface area contributed by atoms with Gasteiger partial charge in [-0.3, -0.25) is 0 Å². The van der Waals surface area contributed by atoms with Crippen LogP contribution < -0.4 is 0 Å². The topological polar surface area (TPSA) is 83.9 Å². The van der Waals surface area contributed by atoms with Crippen LogP contribution in [0.3, 0.4) is 0 Å². The van der Waals surface area contributed by atoms with E-state index in [1.54, 1.807) is 6.92 Å². The quantitative estimate of drug-likeness (QED) is 0.907. The van der Waals surface area contributed by atoms with Crippen LogP contribution in [0.1, 0.15) is 22.8 Å². The van der Waals surface area contributed by atoms with E-state index in [1.165, 1.54) is 11.2 Å². The second-order valence-electron chi connectivity index (χ2n) is 4.93. The number of carboxylic acid groups (broad SMARTS) is 1. The van der Waals surface area contributed by atoms with Gasteiger partial charge in [0.1, 0.15) is 5.82 Å². The van der Waals surface area contributed by atoms with Gasteiger partial charge in [-0.05, 0) is 26.0 Å². The van der Waals surface area contributed by atoms with Gasteiger partial charge in [0.25, 0.3) is 0 Å². The molecule has 1 N–H and O–H groups in total. The molecule has 21 heavy (non-hydrogen) atoms. The Morgan fingerprint density at radius 1 is 1.48 bits per heavy atom. The molecule has 0 unspecified atom stereocenters. The largest absolute Gasteiger partial charge is 0.478 e. The number of carboxylic acids is 1. The molecule has 1 heterocycles. The van der Waals surface area contributed by atoms with Crippen LogP contribution in [0, 0.1) is 12.7 Å². The number of benzene rings is 1. The predicted molar refractivity (Wildman–Crippen MR) is 72.3 cm³/mol. The Kier molecular flexibility index (Phi) is 4.31. The van der Waals surface area contributed by atoms with Gasteiger partial charge in [0.2, 0.25) is 10.0 Å². The average Bonchev–Trinajstić information content (AvgIpc) is 2.41. The van der Waals surface area contributed by atoms with Gasteiger partial charge in [0.05, 0.1) is 23.7 Å². The third-order valence-electron chi connectivity index (χ3n) is 3.44. The molecule has 1 saturated heterocycles. The predicted octanol–water partition coefficient (Wildman–Crippen LogP) is 1.24. The minimum atomic E-state index is -3.97. The summed E-state index contributed by atoms with van der Waals surface area (Å²) in [6, 6.07) is 1.43. The minimum absolute atomic E-state index is 0.0845. The number of carbonyl (C=O) groups is 1. The van der Waals surface area contributed by atoms with Crippen molar-refractivity contribution in [2.45, 2.75) is 24.8 Å². The van der Waals surface area contributed by atoms with Crippen LogP contribution in [0.15, 0.2) is 17.0 Å². The number of rotatable bonds is 3. The van der Waals surface area contributed by atoms with E-state index >= 15 is 0 Å². The molecular formula is C13H16FNO5S. The van der Waals surface area contributed by atoms with Crippen molar-refractivity contribution < 1.29 is 27.4 Å². The van der Waals surface area contributed by atoms with Gasteiger partial charge in [0, 0.05) is 18.2 Å². The van der Waals surface area contributed by atoms with Crippen molar-refractivity contribution in [1.82, 2.24) is 4.31 Å². The average molecular weight is 317 g/mol. The number of sulfonamides is 1. The first kappa shape index (κ1) is 15.9. The van der Waals surface area contributed by atoms with Crippen LogP contribution in [-0.4, -0.2) is 49.6 Å². The van der Waals surface area contributed by atoms with E-state index in [2.05, 4.69) is 0 Å². The van der Waals surface area contributed by atoms with Crippen LogP contribution in [0.25, 0.3) is 0 Å². The smallest absolute Gasteiger partial charge is 0.335 e. The summed E-state index contributed by atoms with van der Waals surface area (Å²) in [4.78, 5) is 10.7. The van der Waals surface area contributed by atoms with E-state index in [4.69, 9.17) is 9.84 Å². The molecule has 8 heteroatoms. The highest BCUT2D eigenvalue weighted by atomic mass is 32.2. The Morgan fingerprint density at radius 2 is 2.14 bits per heavy atom. The van der Waals surface area contributed by atoms with E-state index in [1.807, 2.05) is 0 Å². The van der Waals surface area contributed by atoms with Gasteiger partial charge in [-0.1, -0.05) is 0 Å². The molecule has 1 aliphatic rings. The zero-order chi connectivity index (χ0) is 15.8. The first-order chi connectivity index (χ1) is 9.75. The van der Waals surface area contributed by atoms with Gasteiger partial charge in [0.15, 0.2) is 0 Å². The molecule has 0 spiro atoms. The molecule has 0 bridgehead atoms. The van der Waals surface area contributed by atoms with Crippen LogP contribution in [0.4, 0.5) is 4.39 Å². The van der Waals surface area contributed by atoms with Crippen molar-refractivity contribution >= 4 is 16.0 Å². The molecule has 0 aliphatic carbocycles. The summed E-state index contributed by atoms with van der Waals surface area (Å²) in [5, 5.41) is 8.96. The molecule has 2 rings (SSSR count). The van der Waals surface area contributed by atoms with E-state index in [9.17, 15) is 17.6 Å². The van der Waals surface area contributed by atoms with Crippen LogP contribution in [0.2, 0.25) is 0 Å². The first-order valence-corrected chi connectivity index (χ1v) is 7.82. The number of hydrogen-bond donors (Lipinski definition) is 1. The van der Waals surface area contributed by atoms with Crippen LogP contribution in [0.5, 0.6) is 0 Å². The van der Waals surface area contributed by atoms with Crippen molar-refractivity contribution in [3.63, 3.8) is 0 Å². The van der Waals surface area contributed by atoms with E-state index in [0.717, 1.165) is 12.1 Å². The lowest BCUT2D eigenvalue weighted by atomic mass is 10.1. The summed E-state index contributed by atoms with van der Waals surface area (Å²) in [6.45, 7) is 3.66. The summed E-state index contributed by atoms with van der Waals surface area (Å²) in [7, 11) is -3.97. The summed E-state index contributed by atoms with van der Waals surface area (Å²) in [6.07, 6.45) is 0. The van der Waals surface area contributed by atoms with Gasteiger partial charge < -0.3 is 9.84 Å². The maximum absolute atomic E-state index is 13.8. The van der Waals surface area contributed by atoms with Crippen molar-refractivity contribution in [1.29, 1.82) is 0 Å². The molecule has 0 amide bonds. The number of nitrogens with zero attached hydrogens (tertiary/aromatic N) is 1. The summed E-state index contributed by atoms with van der Waals surface area (Å²) in [5.74, 6) is -2.23. The number of halogens is 1. The SMILES string of the molecule is Cc1c(F)cc(C(=O)O)cc1S(=O)(=O)N1CCOC[C@H]1C. The van der Waals surface area contributed by atoms with E-state index in [-0.39, 0.29) is 36.3 Å². The Hall–Kier alpha value is -1.51. The third-order valence-corrected chi connectivity index (χ3v) is 5.58. The van der Waals surface area contributed by atoms with Gasteiger partial charge >= 0.3 is 5.97 Å². The standard InChI is InChI=1S/C13H16FNO5S/c1-8-7-20-4-3-15(8)21(18,19)12-6-10(13(16)17)5-11(14)9(12)2/h5-6,8H,3-4,7H2,1-2H3,(H,16,17)/t8-/m1/s1. The zero-order valence-electron chi connectivity index (χ0n) is 11.7. The van der Waals surface area contributed by atoms with Crippen molar-refractivity contribution in [3.8, 4) is 0 Å². The highest BCUT2D eigenvalue weighted by molar-refractivity contribution is 7.89.